The van der Waals surface area contributed by atoms with Crippen LogP contribution in [0.1, 0.15) is 16.7 Å². The summed E-state index contributed by atoms with van der Waals surface area (Å²) in [6, 6.07) is 16.6. The highest BCUT2D eigenvalue weighted by Crippen LogP contribution is 2.20. The highest BCUT2D eigenvalue weighted by atomic mass is 16.5. The second-order valence-electron chi connectivity index (χ2n) is 5.26. The molecule has 0 aliphatic carbocycles. The highest BCUT2D eigenvalue weighted by Gasteiger charge is 2.05. The van der Waals surface area contributed by atoms with Gasteiger partial charge in [-0.25, -0.2) is 0 Å². The van der Waals surface area contributed by atoms with E-state index in [1.807, 2.05) is 49.4 Å². The summed E-state index contributed by atoms with van der Waals surface area (Å²) >= 11 is 0. The Kier molecular flexibility index (Phi) is 4.44. The lowest BCUT2D eigenvalue weighted by Crippen LogP contribution is -2.20. The smallest absolute Gasteiger partial charge is 0.272 e. The second-order valence-corrected chi connectivity index (χ2v) is 5.26. The number of hydrogen-bond donors (Lipinski definition) is 0. The van der Waals surface area contributed by atoms with Crippen LogP contribution in [0, 0.1) is 18.8 Å². The molecule has 0 amide bonds. The van der Waals surface area contributed by atoms with Crippen molar-refractivity contribution in [3.05, 3.63) is 87.8 Å². The fourth-order valence-corrected chi connectivity index (χ4v) is 2.28. The third kappa shape index (κ3) is 3.36. The minimum atomic E-state index is -0.235. The molecule has 0 saturated carbocycles. The number of benzene rings is 2. The van der Waals surface area contributed by atoms with E-state index >= 15 is 0 Å². The molecular formula is C20H16N2O2. The van der Waals surface area contributed by atoms with Gasteiger partial charge in [-0.1, -0.05) is 36.1 Å². The highest BCUT2D eigenvalue weighted by molar-refractivity contribution is 5.45. The maximum absolute atomic E-state index is 12.3. The van der Waals surface area contributed by atoms with Crippen molar-refractivity contribution in [2.45, 2.75) is 6.92 Å². The van der Waals surface area contributed by atoms with Crippen molar-refractivity contribution in [1.82, 2.24) is 9.78 Å². The monoisotopic (exact) mass is 316 g/mol. The van der Waals surface area contributed by atoms with Gasteiger partial charge in [0.05, 0.1) is 24.6 Å². The number of aromatic nitrogens is 2. The second kappa shape index (κ2) is 6.84. The molecule has 118 valence electrons. The van der Waals surface area contributed by atoms with E-state index in [1.165, 1.54) is 10.7 Å². The Morgan fingerprint density at radius 2 is 1.75 bits per heavy atom. The normalized spacial score (nSPS) is 9.92. The predicted molar refractivity (Wildman–Crippen MR) is 93.5 cm³/mol. The van der Waals surface area contributed by atoms with Gasteiger partial charge < -0.3 is 4.74 Å². The lowest BCUT2D eigenvalue weighted by Gasteiger charge is -2.08. The Morgan fingerprint density at radius 3 is 2.46 bits per heavy atom. The third-order valence-corrected chi connectivity index (χ3v) is 3.56. The predicted octanol–water partition coefficient (Wildman–Crippen LogP) is 2.95. The average Bonchev–Trinajstić information content (AvgIpc) is 2.62. The molecule has 0 saturated heterocycles. The molecule has 3 aromatic rings. The van der Waals surface area contributed by atoms with E-state index in [0.717, 1.165) is 11.1 Å². The molecule has 0 spiro atoms. The summed E-state index contributed by atoms with van der Waals surface area (Å²) < 4.78 is 6.62. The van der Waals surface area contributed by atoms with Crippen LogP contribution in [0.4, 0.5) is 0 Å². The molecule has 0 bridgehead atoms. The molecule has 2 aromatic carbocycles. The standard InChI is InChI=1S/C20H16N2O2/c1-15-8-11-18(13-19(15)24-2)22-20(23)12-17(14-21-22)10-9-16-6-4-3-5-7-16/h3-8,11-14H,1-2H3. The third-order valence-electron chi connectivity index (χ3n) is 3.56. The summed E-state index contributed by atoms with van der Waals surface area (Å²) in [5, 5.41) is 4.21. The Bertz CT molecular complexity index is 980. The number of ether oxygens (including phenoxy) is 1. The molecule has 4 heteroatoms. The van der Waals surface area contributed by atoms with Crippen LogP contribution in [-0.2, 0) is 0 Å². The lowest BCUT2D eigenvalue weighted by atomic mass is 10.2. The van der Waals surface area contributed by atoms with E-state index in [0.29, 0.717) is 17.0 Å². The van der Waals surface area contributed by atoms with Crippen molar-refractivity contribution in [3.63, 3.8) is 0 Å². The first kappa shape index (κ1) is 15.6. The molecule has 0 aliphatic heterocycles. The van der Waals surface area contributed by atoms with Gasteiger partial charge in [0.1, 0.15) is 5.75 Å². The summed E-state index contributed by atoms with van der Waals surface area (Å²) in [7, 11) is 1.60. The average molecular weight is 316 g/mol. The molecule has 3 rings (SSSR count). The van der Waals surface area contributed by atoms with E-state index in [4.69, 9.17) is 4.74 Å². The van der Waals surface area contributed by atoms with Crippen LogP contribution in [0.2, 0.25) is 0 Å². The van der Waals surface area contributed by atoms with Gasteiger partial charge >= 0.3 is 0 Å². The first-order chi connectivity index (χ1) is 11.7. The van der Waals surface area contributed by atoms with E-state index in [1.54, 1.807) is 19.4 Å². The molecule has 0 N–H and O–H groups in total. The Balaban J connectivity index is 1.94. The number of hydrogen-bond acceptors (Lipinski definition) is 3. The fourth-order valence-electron chi connectivity index (χ4n) is 2.28. The van der Waals surface area contributed by atoms with Crippen LogP contribution in [0.15, 0.2) is 65.6 Å². The zero-order valence-electron chi connectivity index (χ0n) is 13.5. The zero-order chi connectivity index (χ0) is 16.9. The molecular weight excluding hydrogens is 300 g/mol. The van der Waals surface area contributed by atoms with E-state index < -0.39 is 0 Å². The van der Waals surface area contributed by atoms with Crippen LogP contribution < -0.4 is 10.3 Å². The van der Waals surface area contributed by atoms with E-state index in [9.17, 15) is 4.79 Å². The topological polar surface area (TPSA) is 44.1 Å². The number of methoxy groups -OCH3 is 1. The molecule has 1 aromatic heterocycles. The van der Waals surface area contributed by atoms with Crippen LogP contribution in [0.5, 0.6) is 5.75 Å². The van der Waals surface area contributed by atoms with Crippen LogP contribution in [-0.4, -0.2) is 16.9 Å². The SMILES string of the molecule is COc1cc(-n2ncc(C#Cc3ccccc3)cc2=O)ccc1C. The number of aryl methyl sites for hydroxylation is 1. The maximum atomic E-state index is 12.3. The van der Waals surface area contributed by atoms with E-state index in [2.05, 4.69) is 16.9 Å². The van der Waals surface area contributed by atoms with Crippen molar-refractivity contribution in [2.75, 3.05) is 7.11 Å². The van der Waals surface area contributed by atoms with Crippen molar-refractivity contribution in [1.29, 1.82) is 0 Å². The molecule has 24 heavy (non-hydrogen) atoms. The van der Waals surface area contributed by atoms with Gasteiger partial charge in [-0.3, -0.25) is 4.79 Å². The number of rotatable bonds is 2. The zero-order valence-corrected chi connectivity index (χ0v) is 13.5. The van der Waals surface area contributed by atoms with Gasteiger partial charge in [0.15, 0.2) is 0 Å². The maximum Gasteiger partial charge on any atom is 0.272 e. The van der Waals surface area contributed by atoms with Gasteiger partial charge in [0, 0.05) is 17.7 Å². The molecule has 0 atom stereocenters. The fraction of sp³-hybridized carbons (Fsp3) is 0.100. The van der Waals surface area contributed by atoms with Crippen molar-refractivity contribution >= 4 is 0 Å². The number of nitrogens with zero attached hydrogens (tertiary/aromatic N) is 2. The minimum absolute atomic E-state index is 0.235. The molecule has 0 unspecified atom stereocenters. The van der Waals surface area contributed by atoms with Crippen LogP contribution >= 0.6 is 0 Å². The van der Waals surface area contributed by atoms with Crippen molar-refractivity contribution in [3.8, 4) is 23.3 Å². The minimum Gasteiger partial charge on any atom is -0.496 e. The molecule has 4 nitrogen and oxygen atoms in total. The summed E-state index contributed by atoms with van der Waals surface area (Å²) in [5.41, 5.74) is 2.90. The Labute approximate surface area is 140 Å². The van der Waals surface area contributed by atoms with Gasteiger partial charge in [-0.05, 0) is 30.7 Å². The quantitative estimate of drug-likeness (QED) is 0.683. The summed E-state index contributed by atoms with van der Waals surface area (Å²) in [6.45, 7) is 1.95. The van der Waals surface area contributed by atoms with Gasteiger partial charge in [-0.2, -0.15) is 9.78 Å². The van der Waals surface area contributed by atoms with Gasteiger partial charge in [-0.15, -0.1) is 0 Å². The first-order valence-corrected chi connectivity index (χ1v) is 7.49. The van der Waals surface area contributed by atoms with Crippen molar-refractivity contribution < 1.29 is 4.74 Å². The molecule has 1 heterocycles. The van der Waals surface area contributed by atoms with Crippen LogP contribution in [0.3, 0.4) is 0 Å². The van der Waals surface area contributed by atoms with E-state index in [-0.39, 0.29) is 5.56 Å². The summed E-state index contributed by atoms with van der Waals surface area (Å²) in [6.07, 6.45) is 1.59. The molecule has 0 radical (unpaired) electrons. The molecule has 0 fully saturated rings. The lowest BCUT2D eigenvalue weighted by molar-refractivity contribution is 0.411. The Morgan fingerprint density at radius 1 is 1.00 bits per heavy atom. The van der Waals surface area contributed by atoms with Gasteiger partial charge in [0.25, 0.3) is 5.56 Å². The first-order valence-electron chi connectivity index (χ1n) is 7.49. The van der Waals surface area contributed by atoms with Crippen molar-refractivity contribution in [2.24, 2.45) is 0 Å². The van der Waals surface area contributed by atoms with Crippen LogP contribution in [0.25, 0.3) is 5.69 Å². The Hall–Kier alpha value is -3.32. The summed E-state index contributed by atoms with van der Waals surface area (Å²) in [4.78, 5) is 12.3. The summed E-state index contributed by atoms with van der Waals surface area (Å²) in [5.74, 6) is 6.69. The molecule has 0 aliphatic rings. The van der Waals surface area contributed by atoms with Gasteiger partial charge in [0.2, 0.25) is 0 Å². The largest absolute Gasteiger partial charge is 0.496 e.